The third kappa shape index (κ3) is 5.54. The maximum Gasteiger partial charge on any atom is 0.305 e. The molecule has 2 rings (SSSR count). The minimum Gasteiger partial charge on any atom is -0.481 e. The number of carbonyl (C=O) groups is 2. The van der Waals surface area contributed by atoms with Gasteiger partial charge in [0.25, 0.3) is 0 Å². The van der Waals surface area contributed by atoms with Crippen molar-refractivity contribution >= 4 is 35.8 Å². The smallest absolute Gasteiger partial charge is 0.305 e. The van der Waals surface area contributed by atoms with Gasteiger partial charge in [0, 0.05) is 18.5 Å². The van der Waals surface area contributed by atoms with Gasteiger partial charge < -0.3 is 21.0 Å². The van der Waals surface area contributed by atoms with Crippen molar-refractivity contribution in [3.8, 4) is 0 Å². The van der Waals surface area contributed by atoms with Crippen LogP contribution in [-0.4, -0.2) is 41.2 Å². The van der Waals surface area contributed by atoms with Gasteiger partial charge in [0.15, 0.2) is 0 Å². The number of nitrogen functional groups attached to an aromatic ring is 1. The third-order valence-electron chi connectivity index (χ3n) is 3.34. The first-order valence-electron chi connectivity index (χ1n) is 7.11. The number of nitrogens with zero attached hydrogens (tertiary/aromatic N) is 1. The molecule has 24 heavy (non-hydrogen) atoms. The Labute approximate surface area is 145 Å². The number of amidine groups is 1. The van der Waals surface area contributed by atoms with Crippen molar-refractivity contribution in [3.63, 3.8) is 0 Å². The second kappa shape index (κ2) is 8.88. The van der Waals surface area contributed by atoms with E-state index in [9.17, 15) is 9.59 Å². The van der Waals surface area contributed by atoms with Crippen LogP contribution in [0.3, 0.4) is 0 Å². The Kier molecular flexibility index (Phi) is 7.19. The Morgan fingerprint density at radius 1 is 1.38 bits per heavy atom. The SMILES string of the molecule is Cl.N=C(N)c1ccc(C2=NOC(CC(=O)NCCC(=O)O)C2)cc1. The van der Waals surface area contributed by atoms with Crippen molar-refractivity contribution in [2.75, 3.05) is 6.54 Å². The molecule has 0 bridgehead atoms. The third-order valence-corrected chi connectivity index (χ3v) is 3.34. The van der Waals surface area contributed by atoms with Crippen molar-refractivity contribution < 1.29 is 19.5 Å². The van der Waals surface area contributed by atoms with Crippen LogP contribution in [0.4, 0.5) is 0 Å². The highest BCUT2D eigenvalue weighted by Gasteiger charge is 2.24. The number of benzene rings is 1. The van der Waals surface area contributed by atoms with Crippen molar-refractivity contribution in [3.05, 3.63) is 35.4 Å². The fraction of sp³-hybridized carbons (Fsp3) is 0.333. The Balaban J connectivity index is 0.00000288. The fourth-order valence-electron chi connectivity index (χ4n) is 2.14. The normalized spacial score (nSPS) is 15.7. The molecule has 0 spiro atoms. The summed E-state index contributed by atoms with van der Waals surface area (Å²) in [6.07, 6.45) is 0.146. The molecule has 9 heteroatoms. The molecule has 1 amide bonds. The minimum absolute atomic E-state index is 0. The lowest BCUT2D eigenvalue weighted by molar-refractivity contribution is -0.136. The van der Waals surface area contributed by atoms with Crippen molar-refractivity contribution in [1.29, 1.82) is 5.41 Å². The van der Waals surface area contributed by atoms with Gasteiger partial charge in [0.2, 0.25) is 5.91 Å². The van der Waals surface area contributed by atoms with E-state index in [1.165, 1.54) is 0 Å². The van der Waals surface area contributed by atoms with E-state index in [2.05, 4.69) is 10.5 Å². The second-order valence-corrected chi connectivity index (χ2v) is 5.16. The summed E-state index contributed by atoms with van der Waals surface area (Å²) in [4.78, 5) is 27.3. The number of hydrogen-bond donors (Lipinski definition) is 4. The van der Waals surface area contributed by atoms with Gasteiger partial charge in [-0.2, -0.15) is 0 Å². The molecule has 1 unspecified atom stereocenters. The van der Waals surface area contributed by atoms with Gasteiger partial charge in [-0.15, -0.1) is 12.4 Å². The minimum atomic E-state index is -0.956. The van der Waals surface area contributed by atoms with Crippen LogP contribution in [0.25, 0.3) is 0 Å². The van der Waals surface area contributed by atoms with E-state index in [1.807, 2.05) is 0 Å². The number of rotatable bonds is 7. The number of nitrogens with one attached hydrogen (secondary N) is 2. The lowest BCUT2D eigenvalue weighted by atomic mass is 10.0. The molecule has 1 aromatic carbocycles. The number of carboxylic acids is 1. The lowest BCUT2D eigenvalue weighted by Gasteiger charge is -2.08. The van der Waals surface area contributed by atoms with Gasteiger partial charge in [-0.1, -0.05) is 29.4 Å². The molecule has 1 atom stereocenters. The molecule has 0 aromatic heterocycles. The fourth-order valence-corrected chi connectivity index (χ4v) is 2.14. The topological polar surface area (TPSA) is 138 Å². The van der Waals surface area contributed by atoms with E-state index >= 15 is 0 Å². The zero-order chi connectivity index (χ0) is 16.8. The summed E-state index contributed by atoms with van der Waals surface area (Å²) in [6, 6.07) is 7.06. The molecule has 0 fully saturated rings. The zero-order valence-corrected chi connectivity index (χ0v) is 13.6. The molecule has 130 valence electrons. The van der Waals surface area contributed by atoms with E-state index in [0.29, 0.717) is 12.0 Å². The van der Waals surface area contributed by atoms with Crippen LogP contribution in [0.5, 0.6) is 0 Å². The number of oxime groups is 1. The van der Waals surface area contributed by atoms with Gasteiger partial charge in [-0.25, -0.2) is 0 Å². The molecule has 0 saturated carbocycles. The quantitative estimate of drug-likeness (QED) is 0.425. The van der Waals surface area contributed by atoms with Crippen LogP contribution >= 0.6 is 12.4 Å². The van der Waals surface area contributed by atoms with E-state index in [4.69, 9.17) is 21.1 Å². The van der Waals surface area contributed by atoms with Crippen molar-refractivity contribution in [1.82, 2.24) is 5.32 Å². The average Bonchev–Trinajstić information content (AvgIpc) is 2.95. The summed E-state index contributed by atoms with van der Waals surface area (Å²) in [5, 5.41) is 22.4. The molecule has 1 aliphatic rings. The number of amides is 1. The number of carbonyl (C=O) groups excluding carboxylic acids is 1. The molecule has 1 heterocycles. The Bertz CT molecular complexity index is 645. The van der Waals surface area contributed by atoms with E-state index < -0.39 is 5.97 Å². The molecule has 0 radical (unpaired) electrons. The molecular weight excluding hydrogens is 336 g/mol. The van der Waals surface area contributed by atoms with Crippen LogP contribution in [0, 0.1) is 5.41 Å². The maximum atomic E-state index is 11.7. The monoisotopic (exact) mass is 354 g/mol. The molecule has 0 aliphatic carbocycles. The number of hydrogen-bond acceptors (Lipinski definition) is 5. The summed E-state index contributed by atoms with van der Waals surface area (Å²) in [5.74, 6) is -1.22. The van der Waals surface area contributed by atoms with E-state index in [1.54, 1.807) is 24.3 Å². The summed E-state index contributed by atoms with van der Waals surface area (Å²) in [7, 11) is 0. The van der Waals surface area contributed by atoms with Crippen LogP contribution in [0.1, 0.15) is 30.4 Å². The standard InChI is InChI=1S/C15H18N4O4.ClH/c16-15(17)10-3-1-9(2-4-10)12-7-11(23-19-12)8-13(20)18-6-5-14(21)22;/h1-4,11H,5-8H2,(H3,16,17)(H,18,20)(H,21,22);1H. The van der Waals surface area contributed by atoms with Crippen LogP contribution in [0.15, 0.2) is 29.4 Å². The summed E-state index contributed by atoms with van der Waals surface area (Å²) < 4.78 is 0. The van der Waals surface area contributed by atoms with Gasteiger partial charge >= 0.3 is 5.97 Å². The largest absolute Gasteiger partial charge is 0.481 e. The molecule has 0 saturated heterocycles. The first kappa shape index (κ1) is 19.4. The molecule has 5 N–H and O–H groups in total. The molecule has 1 aromatic rings. The van der Waals surface area contributed by atoms with Gasteiger partial charge in [-0.3, -0.25) is 15.0 Å². The number of aliphatic carboxylic acids is 1. The summed E-state index contributed by atoms with van der Waals surface area (Å²) in [6.45, 7) is 0.0983. The van der Waals surface area contributed by atoms with E-state index in [-0.39, 0.29) is 49.6 Å². The lowest BCUT2D eigenvalue weighted by Crippen LogP contribution is -2.29. The number of carboxylic acid groups (broad SMARTS) is 1. The first-order chi connectivity index (χ1) is 11.0. The summed E-state index contributed by atoms with van der Waals surface area (Å²) in [5.41, 5.74) is 7.60. The van der Waals surface area contributed by atoms with Crippen LogP contribution in [-0.2, 0) is 14.4 Å². The molecular formula is C15H19ClN4O4. The highest BCUT2D eigenvalue weighted by atomic mass is 35.5. The first-order valence-corrected chi connectivity index (χ1v) is 7.11. The van der Waals surface area contributed by atoms with Crippen LogP contribution < -0.4 is 11.1 Å². The zero-order valence-electron chi connectivity index (χ0n) is 12.8. The highest BCUT2D eigenvalue weighted by Crippen LogP contribution is 2.19. The van der Waals surface area contributed by atoms with Gasteiger partial charge in [0.05, 0.1) is 18.6 Å². The van der Waals surface area contributed by atoms with E-state index in [0.717, 1.165) is 11.3 Å². The predicted octanol–water partition coefficient (Wildman–Crippen LogP) is 0.866. The average molecular weight is 355 g/mol. The maximum absolute atomic E-state index is 11.7. The second-order valence-electron chi connectivity index (χ2n) is 5.16. The van der Waals surface area contributed by atoms with Crippen LogP contribution in [0.2, 0.25) is 0 Å². The number of nitrogens with two attached hydrogens (primary N) is 1. The predicted molar refractivity (Wildman–Crippen MR) is 90.6 cm³/mol. The summed E-state index contributed by atoms with van der Waals surface area (Å²) >= 11 is 0. The number of halogens is 1. The van der Waals surface area contributed by atoms with Gasteiger partial charge in [0.1, 0.15) is 11.9 Å². The van der Waals surface area contributed by atoms with Crippen molar-refractivity contribution in [2.24, 2.45) is 10.9 Å². The van der Waals surface area contributed by atoms with Crippen molar-refractivity contribution in [2.45, 2.75) is 25.4 Å². The highest BCUT2D eigenvalue weighted by molar-refractivity contribution is 6.02. The molecule has 1 aliphatic heterocycles. The van der Waals surface area contributed by atoms with Gasteiger partial charge in [-0.05, 0) is 5.56 Å². The Morgan fingerprint density at radius 2 is 2.04 bits per heavy atom. The Hall–Kier alpha value is -2.61. The molecule has 8 nitrogen and oxygen atoms in total. The Morgan fingerprint density at radius 3 is 2.62 bits per heavy atom.